The summed E-state index contributed by atoms with van der Waals surface area (Å²) in [7, 11) is 0. The molecule has 3 heteroatoms. The number of likely N-dealkylation sites (tertiary alicyclic amines) is 1. The molecule has 0 atom stereocenters. The van der Waals surface area contributed by atoms with Gasteiger partial charge in [-0.15, -0.1) is 0 Å². The summed E-state index contributed by atoms with van der Waals surface area (Å²) in [6, 6.07) is 0. The van der Waals surface area contributed by atoms with Gasteiger partial charge in [-0.2, -0.15) is 0 Å². The average molecular weight is 296 g/mol. The van der Waals surface area contributed by atoms with Crippen LogP contribution in [0.2, 0.25) is 0 Å². The third-order valence-electron chi connectivity index (χ3n) is 5.53. The van der Waals surface area contributed by atoms with Crippen molar-refractivity contribution in [2.75, 3.05) is 45.9 Å². The molecule has 3 nitrogen and oxygen atoms in total. The van der Waals surface area contributed by atoms with Gasteiger partial charge in [0.25, 0.3) is 0 Å². The zero-order valence-electron chi connectivity index (χ0n) is 14.2. The Balaban J connectivity index is 1.45. The van der Waals surface area contributed by atoms with Crippen LogP contribution in [0.4, 0.5) is 0 Å². The number of ether oxygens (including phenoxy) is 1. The molecule has 0 amide bonds. The molecule has 0 aromatic rings. The molecule has 124 valence electrons. The normalized spacial score (nSPS) is 22.7. The van der Waals surface area contributed by atoms with E-state index in [2.05, 4.69) is 17.1 Å². The first kappa shape index (κ1) is 17.2. The predicted molar refractivity (Wildman–Crippen MR) is 89.8 cm³/mol. The van der Waals surface area contributed by atoms with Crippen LogP contribution in [-0.4, -0.2) is 50.8 Å². The highest BCUT2D eigenvalue weighted by atomic mass is 16.5. The number of nitrogens with zero attached hydrogens (tertiary/aromatic N) is 1. The Morgan fingerprint density at radius 3 is 2.43 bits per heavy atom. The van der Waals surface area contributed by atoms with Crippen LogP contribution in [0.5, 0.6) is 0 Å². The minimum atomic E-state index is 0.751. The number of rotatable bonds is 9. The first-order valence-corrected chi connectivity index (χ1v) is 9.35. The Morgan fingerprint density at radius 2 is 1.71 bits per heavy atom. The van der Waals surface area contributed by atoms with E-state index in [1.165, 1.54) is 77.4 Å². The fraction of sp³-hybridized carbons (Fsp3) is 1.00. The van der Waals surface area contributed by atoms with Crippen molar-refractivity contribution >= 4 is 0 Å². The molecule has 2 rings (SSSR count). The molecule has 1 saturated heterocycles. The second kappa shape index (κ2) is 9.81. The van der Waals surface area contributed by atoms with Crippen molar-refractivity contribution in [3.8, 4) is 0 Å². The van der Waals surface area contributed by atoms with E-state index in [1.54, 1.807) is 0 Å². The van der Waals surface area contributed by atoms with Crippen LogP contribution >= 0.6 is 0 Å². The van der Waals surface area contributed by atoms with E-state index in [0.717, 1.165) is 31.7 Å². The fourth-order valence-corrected chi connectivity index (χ4v) is 4.01. The van der Waals surface area contributed by atoms with Crippen LogP contribution < -0.4 is 5.32 Å². The van der Waals surface area contributed by atoms with E-state index in [9.17, 15) is 0 Å². The van der Waals surface area contributed by atoms with E-state index >= 15 is 0 Å². The third kappa shape index (κ3) is 6.25. The molecular formula is C18H36N2O. The fourth-order valence-electron chi connectivity index (χ4n) is 4.01. The van der Waals surface area contributed by atoms with Gasteiger partial charge in [0, 0.05) is 26.3 Å². The molecule has 0 unspecified atom stereocenters. The molecule has 1 spiro atoms. The van der Waals surface area contributed by atoms with E-state index in [1.807, 2.05) is 0 Å². The molecule has 0 aromatic heterocycles. The summed E-state index contributed by atoms with van der Waals surface area (Å²) in [5.41, 5.74) is 0.751. The summed E-state index contributed by atoms with van der Waals surface area (Å²) in [5.74, 6) is 0. The SMILES string of the molecule is CCOCCCCNCCN1CCC2(CCCCC2)CC1. The molecule has 1 saturated carbocycles. The molecule has 21 heavy (non-hydrogen) atoms. The minimum absolute atomic E-state index is 0.751. The van der Waals surface area contributed by atoms with Crippen LogP contribution in [0, 0.1) is 5.41 Å². The lowest BCUT2D eigenvalue weighted by molar-refractivity contribution is 0.0683. The van der Waals surface area contributed by atoms with Gasteiger partial charge in [-0.25, -0.2) is 0 Å². The molecule has 1 aliphatic heterocycles. The summed E-state index contributed by atoms with van der Waals surface area (Å²) in [5, 5.41) is 3.58. The zero-order valence-corrected chi connectivity index (χ0v) is 14.2. The second-order valence-corrected chi connectivity index (χ2v) is 7.06. The number of hydrogen-bond donors (Lipinski definition) is 1. The monoisotopic (exact) mass is 296 g/mol. The maximum Gasteiger partial charge on any atom is 0.0466 e. The van der Waals surface area contributed by atoms with Crippen LogP contribution in [0.3, 0.4) is 0 Å². The highest BCUT2D eigenvalue weighted by Crippen LogP contribution is 2.44. The van der Waals surface area contributed by atoms with Gasteiger partial charge in [0.15, 0.2) is 0 Å². The topological polar surface area (TPSA) is 24.5 Å². The maximum atomic E-state index is 5.35. The summed E-state index contributed by atoms with van der Waals surface area (Å²) in [6.07, 6.45) is 12.8. The van der Waals surface area contributed by atoms with Gasteiger partial charge in [-0.1, -0.05) is 19.3 Å². The van der Waals surface area contributed by atoms with Crippen molar-refractivity contribution in [2.24, 2.45) is 5.41 Å². The van der Waals surface area contributed by atoms with Crippen molar-refractivity contribution in [1.82, 2.24) is 10.2 Å². The Kier molecular flexibility index (Phi) is 8.05. The number of unbranched alkanes of at least 4 members (excludes halogenated alkanes) is 1. The molecule has 0 bridgehead atoms. The first-order chi connectivity index (χ1) is 10.3. The van der Waals surface area contributed by atoms with Crippen LogP contribution in [0.1, 0.15) is 64.7 Å². The summed E-state index contributed by atoms with van der Waals surface area (Å²) in [4.78, 5) is 2.67. The largest absolute Gasteiger partial charge is 0.382 e. The Morgan fingerprint density at radius 1 is 0.952 bits per heavy atom. The lowest BCUT2D eigenvalue weighted by Crippen LogP contribution is -2.43. The maximum absolute atomic E-state index is 5.35. The highest BCUT2D eigenvalue weighted by Gasteiger charge is 2.35. The summed E-state index contributed by atoms with van der Waals surface area (Å²) >= 11 is 0. The van der Waals surface area contributed by atoms with Crippen LogP contribution in [-0.2, 0) is 4.74 Å². The lowest BCUT2D eigenvalue weighted by Gasteiger charge is -2.44. The van der Waals surface area contributed by atoms with Crippen molar-refractivity contribution in [2.45, 2.75) is 64.7 Å². The summed E-state index contributed by atoms with van der Waals surface area (Å²) in [6.45, 7) is 10.1. The van der Waals surface area contributed by atoms with E-state index in [0.29, 0.717) is 0 Å². The molecule has 1 aliphatic carbocycles. The quantitative estimate of drug-likeness (QED) is 0.660. The third-order valence-corrected chi connectivity index (χ3v) is 5.53. The van der Waals surface area contributed by atoms with E-state index < -0.39 is 0 Å². The molecule has 0 radical (unpaired) electrons. The predicted octanol–water partition coefficient (Wildman–Crippen LogP) is 3.44. The smallest absolute Gasteiger partial charge is 0.0466 e. The minimum Gasteiger partial charge on any atom is -0.382 e. The summed E-state index contributed by atoms with van der Waals surface area (Å²) < 4.78 is 5.35. The van der Waals surface area contributed by atoms with Crippen molar-refractivity contribution in [3.05, 3.63) is 0 Å². The van der Waals surface area contributed by atoms with Gasteiger partial charge in [0.1, 0.15) is 0 Å². The number of piperidine rings is 1. The van der Waals surface area contributed by atoms with Gasteiger partial charge in [-0.05, 0) is 70.5 Å². The molecular weight excluding hydrogens is 260 g/mol. The van der Waals surface area contributed by atoms with Gasteiger partial charge >= 0.3 is 0 Å². The molecule has 1 heterocycles. The Bertz CT molecular complexity index is 254. The molecule has 0 aromatic carbocycles. The average Bonchev–Trinajstić information content (AvgIpc) is 2.53. The first-order valence-electron chi connectivity index (χ1n) is 9.35. The highest BCUT2D eigenvalue weighted by molar-refractivity contribution is 4.88. The van der Waals surface area contributed by atoms with Gasteiger partial charge < -0.3 is 15.0 Å². The van der Waals surface area contributed by atoms with Crippen LogP contribution in [0.15, 0.2) is 0 Å². The zero-order chi connectivity index (χ0) is 14.8. The van der Waals surface area contributed by atoms with E-state index in [4.69, 9.17) is 4.74 Å². The molecule has 1 N–H and O–H groups in total. The van der Waals surface area contributed by atoms with E-state index in [-0.39, 0.29) is 0 Å². The van der Waals surface area contributed by atoms with Gasteiger partial charge in [-0.3, -0.25) is 0 Å². The lowest BCUT2D eigenvalue weighted by atomic mass is 9.68. The Hall–Kier alpha value is -0.120. The molecule has 2 aliphatic rings. The van der Waals surface area contributed by atoms with Gasteiger partial charge in [0.05, 0.1) is 0 Å². The number of nitrogens with one attached hydrogen (secondary N) is 1. The van der Waals surface area contributed by atoms with Crippen LogP contribution in [0.25, 0.3) is 0 Å². The Labute approximate surface area is 131 Å². The van der Waals surface area contributed by atoms with Crippen molar-refractivity contribution in [1.29, 1.82) is 0 Å². The molecule has 2 fully saturated rings. The van der Waals surface area contributed by atoms with Gasteiger partial charge in [0.2, 0.25) is 0 Å². The van der Waals surface area contributed by atoms with Crippen molar-refractivity contribution < 1.29 is 4.74 Å². The standard InChI is InChI=1S/C18H36N2O/c1-2-21-17-7-6-12-19-13-16-20-14-10-18(11-15-20)8-4-3-5-9-18/h19H,2-17H2,1H3. The van der Waals surface area contributed by atoms with Crippen molar-refractivity contribution in [3.63, 3.8) is 0 Å². The number of hydrogen-bond acceptors (Lipinski definition) is 3. The second-order valence-electron chi connectivity index (χ2n) is 7.06.